The quantitative estimate of drug-likeness (QED) is 0.618. The van der Waals surface area contributed by atoms with Gasteiger partial charge < -0.3 is 29.1 Å². The highest BCUT2D eigenvalue weighted by atomic mass is 16.5. The third-order valence-corrected chi connectivity index (χ3v) is 7.41. The second-order valence-electron chi connectivity index (χ2n) is 10.6. The Kier molecular flexibility index (Phi) is 7.38. The number of aliphatic carboxylic acids is 1. The maximum absolute atomic E-state index is 12.6. The van der Waals surface area contributed by atoms with E-state index in [0.29, 0.717) is 26.1 Å². The lowest BCUT2D eigenvalue weighted by Crippen LogP contribution is -2.56. The number of ether oxygens (including phenoxy) is 3. The van der Waals surface area contributed by atoms with E-state index in [1.807, 2.05) is 31.1 Å². The van der Waals surface area contributed by atoms with E-state index in [-0.39, 0.29) is 42.8 Å². The summed E-state index contributed by atoms with van der Waals surface area (Å²) in [6, 6.07) is 6.06. The number of hydrogen-bond acceptors (Lipinski definition) is 6. The van der Waals surface area contributed by atoms with Gasteiger partial charge in [0.1, 0.15) is 12.2 Å². The summed E-state index contributed by atoms with van der Waals surface area (Å²) < 4.78 is 19.4. The molecule has 1 aromatic rings. The Balaban J connectivity index is 1.46. The lowest BCUT2D eigenvalue weighted by Gasteiger charge is -2.53. The molecular formula is C26H38N2O6. The zero-order valence-electron chi connectivity index (χ0n) is 20.8. The molecule has 34 heavy (non-hydrogen) atoms. The van der Waals surface area contributed by atoms with Crippen molar-refractivity contribution in [2.24, 2.45) is 11.8 Å². The molecule has 1 N–H and O–H groups in total. The van der Waals surface area contributed by atoms with Gasteiger partial charge in [0, 0.05) is 49.9 Å². The number of hydrogen-bond donors (Lipinski definition) is 1. The van der Waals surface area contributed by atoms with Crippen LogP contribution in [0, 0.1) is 11.8 Å². The molecule has 4 atom stereocenters. The fraction of sp³-hybridized carbons (Fsp3) is 0.692. The third kappa shape index (κ3) is 5.33. The summed E-state index contributed by atoms with van der Waals surface area (Å²) in [4.78, 5) is 27.4. The molecule has 4 rings (SSSR count). The Hall–Kier alpha value is -2.32. The molecule has 0 saturated carbocycles. The second-order valence-corrected chi connectivity index (χ2v) is 10.6. The van der Waals surface area contributed by atoms with Gasteiger partial charge in [-0.05, 0) is 53.3 Å². The molecule has 3 heterocycles. The first-order chi connectivity index (χ1) is 16.2. The summed E-state index contributed by atoms with van der Waals surface area (Å²) in [5.41, 5.74) is 0.620. The van der Waals surface area contributed by atoms with E-state index in [4.69, 9.17) is 19.3 Å². The Labute approximate surface area is 202 Å². The molecule has 0 radical (unpaired) electrons. The van der Waals surface area contributed by atoms with Gasteiger partial charge in [0.2, 0.25) is 5.91 Å². The largest absolute Gasteiger partial charge is 0.488 e. The Bertz CT molecular complexity index is 901. The number of amides is 1. The van der Waals surface area contributed by atoms with Crippen LogP contribution < -0.4 is 9.47 Å². The lowest BCUT2D eigenvalue weighted by atomic mass is 9.70. The smallest absolute Gasteiger partial charge is 0.303 e. The minimum absolute atomic E-state index is 0.0320. The number of nitrogens with zero attached hydrogens (tertiary/aromatic N) is 2. The fourth-order valence-corrected chi connectivity index (χ4v) is 5.52. The normalized spacial score (nSPS) is 27.3. The van der Waals surface area contributed by atoms with Crippen molar-refractivity contribution in [1.82, 2.24) is 9.80 Å². The summed E-state index contributed by atoms with van der Waals surface area (Å²) in [7, 11) is 4.05. The molecule has 0 aromatic heterocycles. The highest BCUT2D eigenvalue weighted by molar-refractivity contribution is 5.77. The van der Waals surface area contributed by atoms with E-state index in [0.717, 1.165) is 36.4 Å². The molecule has 2 saturated heterocycles. The molecule has 188 valence electrons. The molecule has 0 bridgehead atoms. The number of fused-ring (bicyclic) bond motifs is 4. The first-order valence-corrected chi connectivity index (χ1v) is 12.4. The van der Waals surface area contributed by atoms with Crippen molar-refractivity contribution in [1.29, 1.82) is 0 Å². The van der Waals surface area contributed by atoms with Gasteiger partial charge in [0.05, 0.1) is 12.2 Å². The predicted molar refractivity (Wildman–Crippen MR) is 127 cm³/mol. The number of carbonyl (C=O) groups is 2. The van der Waals surface area contributed by atoms with Crippen LogP contribution in [0.5, 0.6) is 11.5 Å². The topological polar surface area (TPSA) is 88.5 Å². The van der Waals surface area contributed by atoms with E-state index in [9.17, 15) is 9.59 Å². The molecule has 0 spiro atoms. The zero-order chi connectivity index (χ0) is 24.5. The lowest BCUT2D eigenvalue weighted by molar-refractivity contribution is -0.189. The molecule has 8 nitrogen and oxygen atoms in total. The fourth-order valence-electron chi connectivity index (χ4n) is 5.52. The number of para-hydroxylation sites is 1. The van der Waals surface area contributed by atoms with E-state index in [1.165, 1.54) is 0 Å². The van der Waals surface area contributed by atoms with E-state index < -0.39 is 11.6 Å². The van der Waals surface area contributed by atoms with Crippen molar-refractivity contribution < 1.29 is 28.9 Å². The van der Waals surface area contributed by atoms with Crippen molar-refractivity contribution in [3.8, 4) is 11.5 Å². The van der Waals surface area contributed by atoms with Crippen LogP contribution in [0.25, 0.3) is 0 Å². The second kappa shape index (κ2) is 10.1. The maximum Gasteiger partial charge on any atom is 0.303 e. The first-order valence-electron chi connectivity index (χ1n) is 12.4. The summed E-state index contributed by atoms with van der Waals surface area (Å²) >= 11 is 0. The van der Waals surface area contributed by atoms with Gasteiger partial charge in [-0.2, -0.15) is 0 Å². The van der Waals surface area contributed by atoms with Crippen LogP contribution in [0.4, 0.5) is 0 Å². The van der Waals surface area contributed by atoms with Crippen molar-refractivity contribution in [2.75, 3.05) is 40.3 Å². The number of carbonyl (C=O) groups excluding carboxylic acids is 1. The van der Waals surface area contributed by atoms with Crippen molar-refractivity contribution in [3.63, 3.8) is 0 Å². The standard InChI is InChI=1S/C26H38N2O6/c1-26(2)19-15-17-16-28(22(29)9-6-10-23(30)31)12-11-20(17)33-24(19)18-7-5-8-21(25(18)34-26)32-14-13-27(3)4/h5,7-8,17,19-20,24H,6,9-16H2,1-4H3,(H,30,31)/t17-,19-,20-,24+/m0/s1. The van der Waals surface area contributed by atoms with Crippen LogP contribution in [0.15, 0.2) is 18.2 Å². The van der Waals surface area contributed by atoms with Gasteiger partial charge in [-0.25, -0.2) is 0 Å². The molecule has 3 aliphatic heterocycles. The molecule has 3 aliphatic rings. The Morgan fingerprint density at radius 2 is 2.06 bits per heavy atom. The summed E-state index contributed by atoms with van der Waals surface area (Å²) in [6.45, 7) is 6.96. The average molecular weight is 475 g/mol. The van der Waals surface area contributed by atoms with Crippen LogP contribution in [-0.2, 0) is 14.3 Å². The SMILES string of the molecule is CN(C)CCOc1cccc2c1OC(C)(C)[C@H]1C[C@H]3CN(C(=O)CCCC(=O)O)CC[C@@H]3O[C@H]21. The number of likely N-dealkylation sites (tertiary alicyclic amines) is 1. The van der Waals surface area contributed by atoms with Gasteiger partial charge >= 0.3 is 5.97 Å². The molecule has 8 heteroatoms. The molecule has 1 aromatic carbocycles. The number of piperidine rings is 1. The number of rotatable bonds is 8. The zero-order valence-corrected chi connectivity index (χ0v) is 20.8. The van der Waals surface area contributed by atoms with Crippen LogP contribution >= 0.6 is 0 Å². The first kappa shape index (κ1) is 24.8. The van der Waals surface area contributed by atoms with Gasteiger partial charge in [-0.3, -0.25) is 9.59 Å². The Morgan fingerprint density at radius 1 is 1.26 bits per heavy atom. The minimum atomic E-state index is -0.857. The van der Waals surface area contributed by atoms with Gasteiger partial charge in [-0.1, -0.05) is 12.1 Å². The van der Waals surface area contributed by atoms with Crippen molar-refractivity contribution in [2.45, 2.75) is 63.8 Å². The highest BCUT2D eigenvalue weighted by Crippen LogP contribution is 2.55. The number of benzene rings is 1. The summed E-state index contributed by atoms with van der Waals surface area (Å²) in [6.07, 6.45) is 2.47. The third-order valence-electron chi connectivity index (χ3n) is 7.41. The Morgan fingerprint density at radius 3 is 2.79 bits per heavy atom. The summed E-state index contributed by atoms with van der Waals surface area (Å²) in [5.74, 6) is 1.16. The minimum Gasteiger partial charge on any atom is -0.488 e. The van der Waals surface area contributed by atoms with Gasteiger partial charge in [0.15, 0.2) is 11.5 Å². The molecule has 0 aliphatic carbocycles. The van der Waals surface area contributed by atoms with Crippen molar-refractivity contribution >= 4 is 11.9 Å². The van der Waals surface area contributed by atoms with E-state index in [2.05, 4.69) is 24.8 Å². The molecular weight excluding hydrogens is 436 g/mol. The molecule has 0 unspecified atom stereocenters. The molecule has 2 fully saturated rings. The predicted octanol–water partition coefficient (Wildman–Crippen LogP) is 3.35. The van der Waals surface area contributed by atoms with E-state index >= 15 is 0 Å². The van der Waals surface area contributed by atoms with Gasteiger partial charge in [0.25, 0.3) is 0 Å². The van der Waals surface area contributed by atoms with E-state index in [1.54, 1.807) is 0 Å². The average Bonchev–Trinajstić information content (AvgIpc) is 2.77. The molecule has 1 amide bonds. The maximum atomic E-state index is 12.6. The van der Waals surface area contributed by atoms with Gasteiger partial charge in [-0.15, -0.1) is 0 Å². The summed E-state index contributed by atoms with van der Waals surface area (Å²) in [5, 5.41) is 8.84. The number of carboxylic acid groups (broad SMARTS) is 1. The van der Waals surface area contributed by atoms with Crippen molar-refractivity contribution in [3.05, 3.63) is 23.8 Å². The van der Waals surface area contributed by atoms with Crippen LogP contribution in [-0.4, -0.2) is 78.8 Å². The highest BCUT2D eigenvalue weighted by Gasteiger charge is 2.52. The van der Waals surface area contributed by atoms with Crippen LogP contribution in [0.3, 0.4) is 0 Å². The van der Waals surface area contributed by atoms with Crippen LogP contribution in [0.1, 0.15) is 57.6 Å². The monoisotopic (exact) mass is 474 g/mol. The number of carboxylic acids is 1. The number of likely N-dealkylation sites (N-methyl/N-ethyl adjacent to an activating group) is 1. The van der Waals surface area contributed by atoms with Crippen LogP contribution in [0.2, 0.25) is 0 Å².